The minimum absolute atomic E-state index is 0.164. The number of alkyl halides is 3. The van der Waals surface area contributed by atoms with Crippen LogP contribution in [-0.4, -0.2) is 19.9 Å². The fourth-order valence-corrected chi connectivity index (χ4v) is 2.53. The van der Waals surface area contributed by atoms with E-state index in [4.69, 9.17) is 10.3 Å². The van der Waals surface area contributed by atoms with Crippen LogP contribution in [0, 0.1) is 13.8 Å². The van der Waals surface area contributed by atoms with Gasteiger partial charge in [-0.25, -0.2) is 0 Å². The standard InChI is InChI=1S/C16H16F3N5O/c1-8-7-13(16(17,18)19)22-24(8)10(3)15-21-14(23-25-15)11-5-4-6-12(20)9(11)2/h4-7,10H,20H2,1-3H3. The number of aromatic nitrogens is 4. The van der Waals surface area contributed by atoms with E-state index in [-0.39, 0.29) is 5.89 Å². The van der Waals surface area contributed by atoms with Crippen molar-refractivity contribution in [2.24, 2.45) is 0 Å². The molecule has 9 heteroatoms. The third-order valence-corrected chi connectivity index (χ3v) is 4.00. The van der Waals surface area contributed by atoms with E-state index in [0.29, 0.717) is 22.8 Å². The van der Waals surface area contributed by atoms with Gasteiger partial charge < -0.3 is 10.3 Å². The fraction of sp³-hybridized carbons (Fsp3) is 0.312. The number of hydrogen-bond donors (Lipinski definition) is 1. The van der Waals surface area contributed by atoms with Crippen LogP contribution in [0.1, 0.15) is 35.8 Å². The fourth-order valence-electron chi connectivity index (χ4n) is 2.53. The Morgan fingerprint density at radius 2 is 1.96 bits per heavy atom. The van der Waals surface area contributed by atoms with Crippen molar-refractivity contribution in [3.8, 4) is 11.4 Å². The van der Waals surface area contributed by atoms with Crippen LogP contribution in [0.4, 0.5) is 18.9 Å². The van der Waals surface area contributed by atoms with E-state index in [1.807, 2.05) is 6.92 Å². The van der Waals surface area contributed by atoms with Crippen molar-refractivity contribution in [2.45, 2.75) is 33.0 Å². The van der Waals surface area contributed by atoms with Gasteiger partial charge in [-0.3, -0.25) is 4.68 Å². The van der Waals surface area contributed by atoms with E-state index < -0.39 is 17.9 Å². The average Bonchev–Trinajstić information content (AvgIpc) is 3.16. The minimum atomic E-state index is -4.51. The molecule has 0 aliphatic carbocycles. The van der Waals surface area contributed by atoms with Crippen molar-refractivity contribution in [3.63, 3.8) is 0 Å². The first-order chi connectivity index (χ1) is 11.7. The lowest BCUT2D eigenvalue weighted by molar-refractivity contribution is -0.141. The first kappa shape index (κ1) is 17.0. The quantitative estimate of drug-likeness (QED) is 0.727. The Balaban J connectivity index is 1.95. The predicted octanol–water partition coefficient (Wildman–Crippen LogP) is 3.76. The van der Waals surface area contributed by atoms with Gasteiger partial charge in [0, 0.05) is 16.9 Å². The molecule has 1 atom stereocenters. The summed E-state index contributed by atoms with van der Waals surface area (Å²) in [6, 6.07) is 5.67. The normalized spacial score (nSPS) is 13.2. The average molecular weight is 351 g/mol. The van der Waals surface area contributed by atoms with E-state index in [2.05, 4.69) is 15.2 Å². The summed E-state index contributed by atoms with van der Waals surface area (Å²) in [5.41, 5.74) is 7.36. The first-order valence-corrected chi connectivity index (χ1v) is 7.51. The summed E-state index contributed by atoms with van der Waals surface area (Å²) in [4.78, 5) is 4.30. The molecule has 0 aliphatic rings. The Morgan fingerprint density at radius 1 is 1.24 bits per heavy atom. The topological polar surface area (TPSA) is 82.8 Å². The molecule has 1 unspecified atom stereocenters. The number of hydrogen-bond acceptors (Lipinski definition) is 5. The molecule has 25 heavy (non-hydrogen) atoms. The molecule has 1 aromatic carbocycles. The molecule has 0 radical (unpaired) electrons. The third kappa shape index (κ3) is 3.09. The van der Waals surface area contributed by atoms with Crippen LogP contribution >= 0.6 is 0 Å². The second kappa shape index (κ2) is 5.91. The molecule has 0 saturated carbocycles. The SMILES string of the molecule is Cc1c(N)cccc1-c1noc(C(C)n2nc(C(F)(F)F)cc2C)n1. The molecule has 0 spiro atoms. The van der Waals surface area contributed by atoms with Crippen LogP contribution in [0.3, 0.4) is 0 Å². The second-order valence-corrected chi connectivity index (χ2v) is 5.77. The molecule has 2 N–H and O–H groups in total. The highest BCUT2D eigenvalue weighted by Crippen LogP contribution is 2.31. The zero-order valence-corrected chi connectivity index (χ0v) is 13.8. The largest absolute Gasteiger partial charge is 0.435 e. The van der Waals surface area contributed by atoms with Gasteiger partial charge in [0.2, 0.25) is 5.82 Å². The lowest BCUT2D eigenvalue weighted by Gasteiger charge is -2.09. The molecule has 2 aromatic heterocycles. The first-order valence-electron chi connectivity index (χ1n) is 7.51. The Morgan fingerprint density at radius 3 is 2.60 bits per heavy atom. The van der Waals surface area contributed by atoms with Gasteiger partial charge in [0.15, 0.2) is 5.69 Å². The maximum absolute atomic E-state index is 12.8. The molecule has 0 saturated heterocycles. The molecule has 3 rings (SSSR count). The molecule has 0 aliphatic heterocycles. The van der Waals surface area contributed by atoms with Crippen LogP contribution < -0.4 is 5.73 Å². The van der Waals surface area contributed by atoms with Crippen molar-refractivity contribution in [2.75, 3.05) is 5.73 Å². The minimum Gasteiger partial charge on any atom is -0.398 e. The highest BCUT2D eigenvalue weighted by Gasteiger charge is 2.35. The Labute approximate surface area is 141 Å². The van der Waals surface area contributed by atoms with E-state index in [9.17, 15) is 13.2 Å². The summed E-state index contributed by atoms with van der Waals surface area (Å²) in [5, 5.41) is 7.53. The third-order valence-electron chi connectivity index (χ3n) is 4.00. The van der Waals surface area contributed by atoms with Crippen LogP contribution in [0.25, 0.3) is 11.4 Å². The van der Waals surface area contributed by atoms with E-state index >= 15 is 0 Å². The van der Waals surface area contributed by atoms with Gasteiger partial charge >= 0.3 is 6.18 Å². The lowest BCUT2D eigenvalue weighted by atomic mass is 10.1. The van der Waals surface area contributed by atoms with Crippen molar-refractivity contribution < 1.29 is 17.7 Å². The summed E-state index contributed by atoms with van der Waals surface area (Å²) in [6.07, 6.45) is -4.51. The summed E-state index contributed by atoms with van der Waals surface area (Å²) in [7, 11) is 0. The van der Waals surface area contributed by atoms with Crippen molar-refractivity contribution >= 4 is 5.69 Å². The van der Waals surface area contributed by atoms with Gasteiger partial charge in [0.1, 0.15) is 6.04 Å². The van der Waals surface area contributed by atoms with Crippen LogP contribution in [0.2, 0.25) is 0 Å². The maximum Gasteiger partial charge on any atom is 0.435 e. The van der Waals surface area contributed by atoms with Crippen LogP contribution in [0.15, 0.2) is 28.8 Å². The number of benzene rings is 1. The van der Waals surface area contributed by atoms with Gasteiger partial charge in [0.25, 0.3) is 5.89 Å². The number of aryl methyl sites for hydroxylation is 1. The summed E-state index contributed by atoms with van der Waals surface area (Å²) in [5.74, 6) is 0.490. The molecule has 132 valence electrons. The lowest BCUT2D eigenvalue weighted by Crippen LogP contribution is -2.13. The Kier molecular flexibility index (Phi) is 4.02. The Bertz CT molecular complexity index is 913. The van der Waals surface area contributed by atoms with Crippen molar-refractivity contribution in [3.05, 3.63) is 47.1 Å². The highest BCUT2D eigenvalue weighted by molar-refractivity contribution is 5.67. The molecule has 3 aromatic rings. The molecule has 0 bridgehead atoms. The smallest absolute Gasteiger partial charge is 0.398 e. The molecule has 0 amide bonds. The zero-order valence-electron chi connectivity index (χ0n) is 13.8. The number of nitrogens with two attached hydrogens (primary N) is 1. The van der Waals surface area contributed by atoms with Gasteiger partial charge in [-0.1, -0.05) is 17.3 Å². The van der Waals surface area contributed by atoms with E-state index in [0.717, 1.165) is 11.6 Å². The molecule has 2 heterocycles. The zero-order chi connectivity index (χ0) is 18.4. The summed E-state index contributed by atoms with van der Waals surface area (Å²) < 4.78 is 44.9. The second-order valence-electron chi connectivity index (χ2n) is 5.77. The number of nitrogens with zero attached hydrogens (tertiary/aromatic N) is 4. The Hall–Kier alpha value is -2.84. The number of halogens is 3. The van der Waals surface area contributed by atoms with E-state index in [1.54, 1.807) is 25.1 Å². The summed E-state index contributed by atoms with van der Waals surface area (Å²) >= 11 is 0. The van der Waals surface area contributed by atoms with Crippen molar-refractivity contribution in [1.29, 1.82) is 0 Å². The van der Waals surface area contributed by atoms with Gasteiger partial charge in [0.05, 0.1) is 0 Å². The molecule has 0 fully saturated rings. The molecular formula is C16H16F3N5O. The molecular weight excluding hydrogens is 335 g/mol. The van der Waals surface area contributed by atoms with Crippen LogP contribution in [0.5, 0.6) is 0 Å². The summed E-state index contributed by atoms with van der Waals surface area (Å²) in [6.45, 7) is 5.01. The number of anilines is 1. The highest BCUT2D eigenvalue weighted by atomic mass is 19.4. The number of nitrogen functional groups attached to an aromatic ring is 1. The van der Waals surface area contributed by atoms with Gasteiger partial charge in [-0.05, 0) is 38.5 Å². The van der Waals surface area contributed by atoms with Crippen molar-refractivity contribution in [1.82, 2.24) is 19.9 Å². The predicted molar refractivity (Wildman–Crippen MR) is 84.7 cm³/mol. The van der Waals surface area contributed by atoms with Gasteiger partial charge in [-0.2, -0.15) is 23.3 Å². The maximum atomic E-state index is 12.8. The van der Waals surface area contributed by atoms with E-state index in [1.165, 1.54) is 11.6 Å². The van der Waals surface area contributed by atoms with Gasteiger partial charge in [-0.15, -0.1) is 0 Å². The molecule has 6 nitrogen and oxygen atoms in total. The van der Waals surface area contributed by atoms with Crippen LogP contribution in [-0.2, 0) is 6.18 Å². The monoisotopic (exact) mass is 351 g/mol. The number of rotatable bonds is 3.